The molecule has 0 saturated heterocycles. The van der Waals surface area contributed by atoms with Crippen molar-refractivity contribution in [3.8, 4) is 23.0 Å². The van der Waals surface area contributed by atoms with Crippen LogP contribution in [0.15, 0.2) is 53.1 Å². The van der Waals surface area contributed by atoms with E-state index in [0.717, 1.165) is 5.69 Å². The molecule has 0 aliphatic carbocycles. The number of aryl methyl sites for hydroxylation is 1. The standard InChI is InChI=1S/C17H14N2O4/c1-10-9-23-17(18-10)11-4-2-5-12(8-11)19-16(22)15-13(20)6-3-7-14(15)21/h2-9,20-21H,1H3,(H,19,22). The summed E-state index contributed by atoms with van der Waals surface area (Å²) >= 11 is 0. The molecule has 3 aromatic rings. The normalized spacial score (nSPS) is 10.5. The molecule has 0 bridgehead atoms. The molecule has 0 aliphatic heterocycles. The van der Waals surface area contributed by atoms with Crippen molar-refractivity contribution in [1.29, 1.82) is 0 Å². The number of rotatable bonds is 3. The quantitative estimate of drug-likeness (QED) is 0.689. The minimum absolute atomic E-state index is 0.176. The average Bonchev–Trinajstić information content (AvgIpc) is 2.94. The van der Waals surface area contributed by atoms with Gasteiger partial charge in [0, 0.05) is 11.3 Å². The number of hydrogen-bond acceptors (Lipinski definition) is 5. The van der Waals surface area contributed by atoms with E-state index in [0.29, 0.717) is 17.1 Å². The number of phenolic OH excluding ortho intramolecular Hbond substituents is 2. The number of amides is 1. The van der Waals surface area contributed by atoms with E-state index in [1.165, 1.54) is 18.2 Å². The van der Waals surface area contributed by atoms with E-state index >= 15 is 0 Å². The molecule has 2 aromatic carbocycles. The number of phenols is 2. The van der Waals surface area contributed by atoms with E-state index in [-0.39, 0.29) is 17.1 Å². The number of carbonyl (C=O) groups excluding carboxylic acids is 1. The van der Waals surface area contributed by atoms with Crippen LogP contribution < -0.4 is 5.32 Å². The lowest BCUT2D eigenvalue weighted by Gasteiger charge is -2.09. The second kappa shape index (κ2) is 5.84. The monoisotopic (exact) mass is 310 g/mol. The van der Waals surface area contributed by atoms with Gasteiger partial charge in [-0.3, -0.25) is 4.79 Å². The van der Waals surface area contributed by atoms with Crippen LogP contribution in [0.3, 0.4) is 0 Å². The Morgan fingerprint density at radius 2 is 1.83 bits per heavy atom. The minimum atomic E-state index is -0.610. The summed E-state index contributed by atoms with van der Waals surface area (Å²) in [4.78, 5) is 16.5. The van der Waals surface area contributed by atoms with Gasteiger partial charge in [-0.05, 0) is 37.3 Å². The van der Waals surface area contributed by atoms with E-state index in [9.17, 15) is 15.0 Å². The molecule has 3 N–H and O–H groups in total. The van der Waals surface area contributed by atoms with Crippen molar-refractivity contribution < 1.29 is 19.4 Å². The van der Waals surface area contributed by atoms with Crippen LogP contribution in [0.5, 0.6) is 11.5 Å². The molecule has 1 amide bonds. The lowest BCUT2D eigenvalue weighted by Crippen LogP contribution is -2.12. The second-order valence-electron chi connectivity index (χ2n) is 5.00. The maximum Gasteiger partial charge on any atom is 0.263 e. The molecule has 0 spiro atoms. The van der Waals surface area contributed by atoms with Crippen molar-refractivity contribution in [2.45, 2.75) is 6.92 Å². The van der Waals surface area contributed by atoms with Gasteiger partial charge in [0.1, 0.15) is 23.3 Å². The van der Waals surface area contributed by atoms with Gasteiger partial charge in [-0.25, -0.2) is 4.98 Å². The fourth-order valence-electron chi connectivity index (χ4n) is 2.17. The van der Waals surface area contributed by atoms with Gasteiger partial charge in [-0.2, -0.15) is 0 Å². The topological polar surface area (TPSA) is 95.6 Å². The predicted molar refractivity (Wildman–Crippen MR) is 84.4 cm³/mol. The highest BCUT2D eigenvalue weighted by Crippen LogP contribution is 2.28. The molecule has 0 unspecified atom stereocenters. The number of anilines is 1. The van der Waals surface area contributed by atoms with Crippen LogP contribution in [0.1, 0.15) is 16.1 Å². The van der Waals surface area contributed by atoms with Crippen LogP contribution in [0.25, 0.3) is 11.5 Å². The van der Waals surface area contributed by atoms with Gasteiger partial charge in [-0.15, -0.1) is 0 Å². The third kappa shape index (κ3) is 3.01. The van der Waals surface area contributed by atoms with E-state index in [4.69, 9.17) is 4.42 Å². The fraction of sp³-hybridized carbons (Fsp3) is 0.0588. The number of oxazole rings is 1. The van der Waals surface area contributed by atoms with Gasteiger partial charge < -0.3 is 19.9 Å². The molecule has 6 nitrogen and oxygen atoms in total. The Hall–Kier alpha value is -3.28. The summed E-state index contributed by atoms with van der Waals surface area (Å²) in [5, 5.41) is 22.1. The van der Waals surface area contributed by atoms with E-state index in [1.807, 2.05) is 6.92 Å². The highest BCUT2D eigenvalue weighted by Gasteiger charge is 2.16. The van der Waals surface area contributed by atoms with Crippen molar-refractivity contribution in [2.24, 2.45) is 0 Å². The van der Waals surface area contributed by atoms with Crippen LogP contribution in [0.4, 0.5) is 5.69 Å². The van der Waals surface area contributed by atoms with Gasteiger partial charge in [0.15, 0.2) is 0 Å². The molecule has 3 rings (SSSR count). The third-order valence-electron chi connectivity index (χ3n) is 3.23. The number of carbonyl (C=O) groups is 1. The van der Waals surface area contributed by atoms with E-state index in [2.05, 4.69) is 10.3 Å². The lowest BCUT2D eigenvalue weighted by molar-refractivity contribution is 0.102. The zero-order valence-electron chi connectivity index (χ0n) is 12.3. The Morgan fingerprint density at radius 3 is 2.48 bits per heavy atom. The molecule has 0 fully saturated rings. The van der Waals surface area contributed by atoms with Crippen LogP contribution in [0, 0.1) is 6.92 Å². The molecule has 23 heavy (non-hydrogen) atoms. The molecule has 0 atom stereocenters. The molecule has 0 radical (unpaired) electrons. The fourth-order valence-corrected chi connectivity index (χ4v) is 2.17. The zero-order valence-corrected chi connectivity index (χ0v) is 12.3. The van der Waals surface area contributed by atoms with Crippen LogP contribution in [0.2, 0.25) is 0 Å². The molecule has 1 aromatic heterocycles. The van der Waals surface area contributed by atoms with Gasteiger partial charge in [0.05, 0.1) is 5.69 Å². The molecule has 116 valence electrons. The van der Waals surface area contributed by atoms with Crippen molar-refractivity contribution in [1.82, 2.24) is 4.98 Å². The van der Waals surface area contributed by atoms with E-state index < -0.39 is 5.91 Å². The number of nitrogens with zero attached hydrogens (tertiary/aromatic N) is 1. The summed E-state index contributed by atoms with van der Waals surface area (Å²) in [6, 6.07) is 11.1. The molecular formula is C17H14N2O4. The summed E-state index contributed by atoms with van der Waals surface area (Å²) in [7, 11) is 0. The Labute approximate surface area is 132 Å². The molecular weight excluding hydrogens is 296 g/mol. The first kappa shape index (κ1) is 14.6. The van der Waals surface area contributed by atoms with E-state index in [1.54, 1.807) is 30.5 Å². The summed E-state index contributed by atoms with van der Waals surface area (Å²) in [5.74, 6) is -0.741. The Morgan fingerprint density at radius 1 is 1.13 bits per heavy atom. The largest absolute Gasteiger partial charge is 0.507 e. The molecule has 0 aliphatic rings. The number of nitrogens with one attached hydrogen (secondary N) is 1. The molecule has 1 heterocycles. The van der Waals surface area contributed by atoms with Gasteiger partial charge in [-0.1, -0.05) is 12.1 Å². The average molecular weight is 310 g/mol. The first-order valence-corrected chi connectivity index (χ1v) is 6.89. The van der Waals surface area contributed by atoms with Crippen LogP contribution >= 0.6 is 0 Å². The highest BCUT2D eigenvalue weighted by molar-refractivity contribution is 6.08. The summed E-state index contributed by atoms with van der Waals surface area (Å²) in [6.07, 6.45) is 1.54. The summed E-state index contributed by atoms with van der Waals surface area (Å²) in [6.45, 7) is 1.82. The zero-order chi connectivity index (χ0) is 16.4. The Bertz CT molecular complexity index is 850. The van der Waals surface area contributed by atoms with Crippen LogP contribution in [-0.4, -0.2) is 21.1 Å². The first-order valence-electron chi connectivity index (χ1n) is 6.89. The number of benzene rings is 2. The summed E-state index contributed by atoms with van der Waals surface area (Å²) in [5.41, 5.74) is 1.78. The minimum Gasteiger partial charge on any atom is -0.507 e. The van der Waals surface area contributed by atoms with Crippen molar-refractivity contribution in [3.63, 3.8) is 0 Å². The maximum atomic E-state index is 12.2. The van der Waals surface area contributed by atoms with Crippen LogP contribution in [-0.2, 0) is 0 Å². The van der Waals surface area contributed by atoms with Crippen molar-refractivity contribution in [3.05, 3.63) is 60.0 Å². The smallest absolute Gasteiger partial charge is 0.263 e. The van der Waals surface area contributed by atoms with Crippen molar-refractivity contribution in [2.75, 3.05) is 5.32 Å². The van der Waals surface area contributed by atoms with Crippen molar-refractivity contribution >= 4 is 11.6 Å². The predicted octanol–water partition coefficient (Wildman–Crippen LogP) is 3.31. The number of aromatic hydroxyl groups is 2. The highest BCUT2D eigenvalue weighted by atomic mass is 16.3. The van der Waals surface area contributed by atoms with Gasteiger partial charge in [0.25, 0.3) is 5.91 Å². The summed E-state index contributed by atoms with van der Waals surface area (Å²) < 4.78 is 5.33. The number of hydrogen-bond donors (Lipinski definition) is 3. The first-order chi connectivity index (χ1) is 11.0. The molecule has 0 saturated carbocycles. The Kier molecular flexibility index (Phi) is 3.72. The second-order valence-corrected chi connectivity index (χ2v) is 5.00. The third-order valence-corrected chi connectivity index (χ3v) is 3.23. The van der Waals surface area contributed by atoms with Gasteiger partial charge >= 0.3 is 0 Å². The lowest BCUT2D eigenvalue weighted by atomic mass is 10.1. The Balaban J connectivity index is 1.87. The maximum absolute atomic E-state index is 12.2. The van der Waals surface area contributed by atoms with Gasteiger partial charge in [0.2, 0.25) is 5.89 Å². The molecule has 6 heteroatoms. The number of aromatic nitrogens is 1. The SMILES string of the molecule is Cc1coc(-c2cccc(NC(=O)c3c(O)cccc3O)c2)n1.